The van der Waals surface area contributed by atoms with Crippen LogP contribution in [0.2, 0.25) is 0 Å². The predicted molar refractivity (Wildman–Crippen MR) is 113 cm³/mol. The molecule has 0 fully saturated rings. The standard InChI is InChI=1S/C23H18BrFN2O3/c1-11-20-21(12-6-7-15(24)16(25)8-12)22-17(26-23(20)30-27-11)9-13(10-19(22)29)14-4-2-3-5-18(14)28/h2-8,13,21,26,28H,9-10H2,1H3. The normalized spacial score (nSPS) is 20.6. The number of rotatable bonds is 2. The second-order valence-electron chi connectivity index (χ2n) is 7.72. The number of halogens is 2. The number of aromatic nitrogens is 1. The summed E-state index contributed by atoms with van der Waals surface area (Å²) in [4.78, 5) is 13.4. The van der Waals surface area contributed by atoms with Crippen LogP contribution in [0.15, 0.2) is 62.7 Å². The summed E-state index contributed by atoms with van der Waals surface area (Å²) in [7, 11) is 0. The Labute approximate surface area is 180 Å². The zero-order chi connectivity index (χ0) is 21.0. The van der Waals surface area contributed by atoms with Gasteiger partial charge in [-0.3, -0.25) is 4.79 Å². The van der Waals surface area contributed by atoms with Gasteiger partial charge in [-0.2, -0.15) is 0 Å². The van der Waals surface area contributed by atoms with Crippen molar-refractivity contribution >= 4 is 27.6 Å². The minimum Gasteiger partial charge on any atom is -0.508 e. The third-order valence-corrected chi connectivity index (χ3v) is 6.55. The molecule has 0 saturated heterocycles. The van der Waals surface area contributed by atoms with Crippen molar-refractivity contribution in [3.05, 3.63) is 86.4 Å². The molecule has 1 aliphatic heterocycles. The number of nitrogens with one attached hydrogen (secondary N) is 1. The molecule has 2 N–H and O–H groups in total. The van der Waals surface area contributed by atoms with E-state index in [0.717, 1.165) is 16.8 Å². The van der Waals surface area contributed by atoms with Gasteiger partial charge < -0.3 is 14.9 Å². The molecule has 1 aliphatic carbocycles. The molecule has 2 atom stereocenters. The average Bonchev–Trinajstić information content (AvgIpc) is 3.09. The Morgan fingerprint density at radius 2 is 2.03 bits per heavy atom. The first-order valence-electron chi connectivity index (χ1n) is 9.66. The lowest BCUT2D eigenvalue weighted by Crippen LogP contribution is -2.29. The summed E-state index contributed by atoms with van der Waals surface area (Å²) in [6, 6.07) is 12.0. The molecule has 0 radical (unpaired) electrons. The first-order valence-corrected chi connectivity index (χ1v) is 10.5. The lowest BCUT2D eigenvalue weighted by atomic mass is 9.72. The smallest absolute Gasteiger partial charge is 0.233 e. The number of phenols is 1. The summed E-state index contributed by atoms with van der Waals surface area (Å²) >= 11 is 3.19. The van der Waals surface area contributed by atoms with Gasteiger partial charge in [-0.05, 0) is 58.6 Å². The van der Waals surface area contributed by atoms with Gasteiger partial charge in [-0.25, -0.2) is 4.39 Å². The van der Waals surface area contributed by atoms with Crippen LogP contribution in [-0.2, 0) is 4.79 Å². The SMILES string of the molecule is Cc1noc2c1C(c1ccc(Br)c(F)c1)C1=C(CC(c3ccccc3O)CC1=O)N2. The molecule has 0 amide bonds. The monoisotopic (exact) mass is 468 g/mol. The number of hydrogen-bond acceptors (Lipinski definition) is 5. The van der Waals surface area contributed by atoms with Crippen molar-refractivity contribution in [3.63, 3.8) is 0 Å². The van der Waals surface area contributed by atoms with E-state index in [1.54, 1.807) is 18.2 Å². The fourth-order valence-electron chi connectivity index (χ4n) is 4.55. The largest absolute Gasteiger partial charge is 0.508 e. The molecule has 7 heteroatoms. The summed E-state index contributed by atoms with van der Waals surface area (Å²) in [6.07, 6.45) is 0.806. The minimum absolute atomic E-state index is 0.0309. The van der Waals surface area contributed by atoms with Crippen molar-refractivity contribution in [2.45, 2.75) is 31.6 Å². The number of aromatic hydroxyl groups is 1. The summed E-state index contributed by atoms with van der Waals surface area (Å²) in [6.45, 7) is 1.82. The summed E-state index contributed by atoms with van der Waals surface area (Å²) in [5, 5.41) is 17.6. The van der Waals surface area contributed by atoms with E-state index in [1.807, 2.05) is 25.1 Å². The van der Waals surface area contributed by atoms with Gasteiger partial charge >= 0.3 is 0 Å². The molecule has 2 heterocycles. The van der Waals surface area contributed by atoms with E-state index in [-0.39, 0.29) is 29.7 Å². The summed E-state index contributed by atoms with van der Waals surface area (Å²) in [5.74, 6) is -0.375. The lowest BCUT2D eigenvalue weighted by molar-refractivity contribution is -0.116. The molecule has 0 saturated carbocycles. The highest BCUT2D eigenvalue weighted by molar-refractivity contribution is 9.10. The second-order valence-corrected chi connectivity index (χ2v) is 8.58. The number of carbonyl (C=O) groups is 1. The maximum absolute atomic E-state index is 14.4. The van der Waals surface area contributed by atoms with E-state index in [0.29, 0.717) is 33.6 Å². The van der Waals surface area contributed by atoms with Crippen LogP contribution < -0.4 is 5.32 Å². The molecular formula is C23H18BrFN2O3. The zero-order valence-corrected chi connectivity index (χ0v) is 17.7. The Bertz CT molecular complexity index is 1220. The van der Waals surface area contributed by atoms with Crippen LogP contribution in [0.3, 0.4) is 0 Å². The van der Waals surface area contributed by atoms with Crippen molar-refractivity contribution in [2.75, 3.05) is 5.32 Å². The first-order chi connectivity index (χ1) is 14.4. The molecule has 152 valence electrons. The summed E-state index contributed by atoms with van der Waals surface area (Å²) in [5.41, 5.74) is 4.17. The van der Waals surface area contributed by atoms with Crippen LogP contribution in [-0.4, -0.2) is 16.0 Å². The molecule has 5 nitrogen and oxygen atoms in total. The number of hydrogen-bond donors (Lipinski definition) is 2. The van der Waals surface area contributed by atoms with Gasteiger partial charge in [0.2, 0.25) is 5.88 Å². The molecule has 2 unspecified atom stereocenters. The highest BCUT2D eigenvalue weighted by Crippen LogP contribution is 2.49. The van der Waals surface area contributed by atoms with Crippen molar-refractivity contribution in [3.8, 4) is 5.75 Å². The van der Waals surface area contributed by atoms with E-state index in [9.17, 15) is 14.3 Å². The van der Waals surface area contributed by atoms with Gasteiger partial charge in [-0.15, -0.1) is 0 Å². The van der Waals surface area contributed by atoms with Gasteiger partial charge in [-0.1, -0.05) is 29.4 Å². The number of nitrogens with zero attached hydrogens (tertiary/aromatic N) is 1. The van der Waals surface area contributed by atoms with Crippen LogP contribution in [0.25, 0.3) is 0 Å². The van der Waals surface area contributed by atoms with Gasteiger partial charge in [0, 0.05) is 29.5 Å². The van der Waals surface area contributed by atoms with Gasteiger partial charge in [0.1, 0.15) is 11.6 Å². The fraction of sp³-hybridized carbons (Fsp3) is 0.217. The predicted octanol–water partition coefficient (Wildman–Crippen LogP) is 5.55. The molecule has 2 aliphatic rings. The Morgan fingerprint density at radius 1 is 1.23 bits per heavy atom. The number of benzene rings is 2. The Kier molecular flexibility index (Phi) is 4.50. The lowest BCUT2D eigenvalue weighted by Gasteiger charge is -2.34. The van der Waals surface area contributed by atoms with Crippen LogP contribution in [0.5, 0.6) is 5.75 Å². The van der Waals surface area contributed by atoms with E-state index in [1.165, 1.54) is 6.07 Å². The topological polar surface area (TPSA) is 75.4 Å². The Balaban J connectivity index is 1.64. The maximum Gasteiger partial charge on any atom is 0.233 e. The number of carbonyl (C=O) groups excluding carboxylic acids is 1. The van der Waals surface area contributed by atoms with E-state index in [2.05, 4.69) is 26.4 Å². The van der Waals surface area contributed by atoms with Gasteiger partial charge in [0.05, 0.1) is 15.7 Å². The maximum atomic E-state index is 14.4. The average molecular weight is 469 g/mol. The molecule has 0 spiro atoms. The van der Waals surface area contributed by atoms with E-state index in [4.69, 9.17) is 4.52 Å². The number of anilines is 1. The number of aryl methyl sites for hydroxylation is 1. The number of fused-ring (bicyclic) bond motifs is 1. The highest BCUT2D eigenvalue weighted by atomic mass is 79.9. The molecule has 30 heavy (non-hydrogen) atoms. The molecule has 3 aromatic rings. The number of phenolic OH excluding ortho intramolecular Hbond substituents is 1. The molecule has 0 bridgehead atoms. The Morgan fingerprint density at radius 3 is 2.80 bits per heavy atom. The third kappa shape index (κ3) is 2.96. The van der Waals surface area contributed by atoms with Crippen molar-refractivity contribution in [1.29, 1.82) is 0 Å². The quantitative estimate of drug-likeness (QED) is 0.515. The van der Waals surface area contributed by atoms with Crippen molar-refractivity contribution in [2.24, 2.45) is 0 Å². The second kappa shape index (κ2) is 7.09. The van der Waals surface area contributed by atoms with Crippen LogP contribution in [0.1, 0.15) is 47.1 Å². The van der Waals surface area contributed by atoms with Gasteiger partial charge in [0.25, 0.3) is 0 Å². The number of allylic oxidation sites excluding steroid dienone is 2. The van der Waals surface area contributed by atoms with Crippen LogP contribution >= 0.6 is 15.9 Å². The number of Topliss-reactive ketones (excluding diaryl/α,β-unsaturated/α-hetero) is 1. The first kappa shape index (κ1) is 19.1. The van der Waals surface area contributed by atoms with Crippen molar-refractivity contribution in [1.82, 2.24) is 5.16 Å². The fourth-order valence-corrected chi connectivity index (χ4v) is 4.80. The third-order valence-electron chi connectivity index (χ3n) is 5.91. The molecular weight excluding hydrogens is 451 g/mol. The highest BCUT2D eigenvalue weighted by Gasteiger charge is 2.41. The van der Waals surface area contributed by atoms with Crippen molar-refractivity contribution < 1.29 is 18.8 Å². The zero-order valence-electron chi connectivity index (χ0n) is 16.1. The molecule has 5 rings (SSSR count). The van der Waals surface area contributed by atoms with Crippen LogP contribution in [0, 0.1) is 12.7 Å². The van der Waals surface area contributed by atoms with E-state index < -0.39 is 5.92 Å². The number of ketones is 1. The van der Waals surface area contributed by atoms with Crippen LogP contribution in [0.4, 0.5) is 10.3 Å². The van der Waals surface area contributed by atoms with Gasteiger partial charge in [0.15, 0.2) is 5.78 Å². The number of para-hydroxylation sites is 1. The molecule has 2 aromatic carbocycles. The summed E-state index contributed by atoms with van der Waals surface area (Å²) < 4.78 is 20.2. The Hall–Kier alpha value is -2.93. The van der Waals surface area contributed by atoms with E-state index >= 15 is 0 Å². The molecule has 1 aromatic heterocycles. The minimum atomic E-state index is -0.456.